The number of hydrogen-bond donors (Lipinski definition) is 2. The van der Waals surface area contributed by atoms with Crippen LogP contribution in [0.4, 0.5) is 13.2 Å². The van der Waals surface area contributed by atoms with Crippen LogP contribution in [0.5, 0.6) is 0 Å². The Bertz CT molecular complexity index is 594. The molecule has 154 valence electrons. The number of ether oxygens (including phenoxy) is 1. The number of nitrogens with zero attached hydrogens (tertiary/aromatic N) is 3. The minimum absolute atomic E-state index is 0.0582. The molecule has 2 N–H and O–H groups in total. The van der Waals surface area contributed by atoms with Crippen molar-refractivity contribution >= 4 is 5.96 Å². The predicted octanol–water partition coefficient (Wildman–Crippen LogP) is 3.23. The van der Waals surface area contributed by atoms with Crippen LogP contribution in [0.15, 0.2) is 11.2 Å². The van der Waals surface area contributed by atoms with E-state index in [1.807, 2.05) is 6.92 Å². The highest BCUT2D eigenvalue weighted by molar-refractivity contribution is 5.79. The molecule has 0 spiro atoms. The van der Waals surface area contributed by atoms with Crippen LogP contribution in [0, 0.1) is 0 Å². The van der Waals surface area contributed by atoms with Gasteiger partial charge in [-0.25, -0.2) is 4.99 Å². The smallest absolute Gasteiger partial charge is 0.378 e. The first kappa shape index (κ1) is 21.5. The zero-order valence-electron chi connectivity index (χ0n) is 16.1. The SMILES string of the molecule is CCNC(=NCc1cn(C)nc1C(F)(F)F)NCCCOC1CCCCC1. The molecule has 0 saturated heterocycles. The van der Waals surface area contributed by atoms with Crippen molar-refractivity contribution in [2.24, 2.45) is 12.0 Å². The van der Waals surface area contributed by atoms with Crippen molar-refractivity contribution in [3.8, 4) is 0 Å². The van der Waals surface area contributed by atoms with Crippen LogP contribution in [0.25, 0.3) is 0 Å². The molecule has 2 rings (SSSR count). The Kier molecular flexibility index (Phi) is 8.40. The van der Waals surface area contributed by atoms with E-state index < -0.39 is 11.9 Å². The number of halogens is 3. The highest BCUT2D eigenvalue weighted by atomic mass is 19.4. The van der Waals surface area contributed by atoms with Crippen LogP contribution in [0.2, 0.25) is 0 Å². The lowest BCUT2D eigenvalue weighted by Gasteiger charge is -2.22. The van der Waals surface area contributed by atoms with Crippen LogP contribution in [-0.2, 0) is 24.5 Å². The zero-order chi connectivity index (χ0) is 19.7. The van der Waals surface area contributed by atoms with Crippen molar-refractivity contribution in [2.45, 2.75) is 64.3 Å². The van der Waals surface area contributed by atoms with E-state index in [4.69, 9.17) is 4.74 Å². The fourth-order valence-electron chi connectivity index (χ4n) is 3.16. The largest absolute Gasteiger partial charge is 0.435 e. The number of hydrogen-bond acceptors (Lipinski definition) is 3. The van der Waals surface area contributed by atoms with Crippen LogP contribution in [0.3, 0.4) is 0 Å². The maximum Gasteiger partial charge on any atom is 0.435 e. The number of aliphatic imine (C=N–C) groups is 1. The molecule has 6 nitrogen and oxygen atoms in total. The van der Waals surface area contributed by atoms with E-state index in [0.717, 1.165) is 23.9 Å². The fraction of sp³-hybridized carbons (Fsp3) is 0.778. The van der Waals surface area contributed by atoms with Gasteiger partial charge < -0.3 is 15.4 Å². The number of guanidine groups is 1. The third-order valence-electron chi connectivity index (χ3n) is 4.44. The first-order chi connectivity index (χ1) is 12.9. The lowest BCUT2D eigenvalue weighted by molar-refractivity contribution is -0.142. The standard InChI is InChI=1S/C18H30F3N5O/c1-3-22-17(23-10-7-11-27-15-8-5-4-6-9-15)24-12-14-13-26(2)25-16(14)18(19,20)21/h13,15H,3-12H2,1-2H3,(H2,22,23,24). The van der Waals surface area contributed by atoms with Crippen LogP contribution in [0.1, 0.15) is 56.7 Å². The minimum Gasteiger partial charge on any atom is -0.378 e. The van der Waals surface area contributed by atoms with Crippen LogP contribution < -0.4 is 10.6 Å². The van der Waals surface area contributed by atoms with Gasteiger partial charge in [-0.15, -0.1) is 0 Å². The second kappa shape index (κ2) is 10.5. The molecule has 1 aliphatic carbocycles. The Morgan fingerprint density at radius 2 is 2.04 bits per heavy atom. The molecule has 9 heteroatoms. The highest BCUT2D eigenvalue weighted by Gasteiger charge is 2.36. The maximum absolute atomic E-state index is 13.0. The van der Waals surface area contributed by atoms with E-state index in [1.165, 1.54) is 32.5 Å². The van der Waals surface area contributed by atoms with E-state index in [-0.39, 0.29) is 12.1 Å². The van der Waals surface area contributed by atoms with E-state index in [0.29, 0.717) is 31.8 Å². The monoisotopic (exact) mass is 389 g/mol. The summed E-state index contributed by atoms with van der Waals surface area (Å²) in [7, 11) is 1.47. The molecule has 0 atom stereocenters. The van der Waals surface area contributed by atoms with Gasteiger partial charge in [-0.1, -0.05) is 19.3 Å². The summed E-state index contributed by atoms with van der Waals surface area (Å²) in [5.41, 5.74) is -0.826. The number of nitrogens with one attached hydrogen (secondary N) is 2. The molecular formula is C18H30F3N5O. The fourth-order valence-corrected chi connectivity index (χ4v) is 3.16. The molecule has 1 saturated carbocycles. The number of aromatic nitrogens is 2. The quantitative estimate of drug-likeness (QED) is 0.407. The summed E-state index contributed by atoms with van der Waals surface area (Å²) in [6, 6.07) is 0. The van der Waals surface area contributed by atoms with Crippen LogP contribution >= 0.6 is 0 Å². The van der Waals surface area contributed by atoms with Crippen molar-refractivity contribution in [1.82, 2.24) is 20.4 Å². The molecule has 27 heavy (non-hydrogen) atoms. The Morgan fingerprint density at radius 1 is 1.30 bits per heavy atom. The first-order valence-electron chi connectivity index (χ1n) is 9.63. The molecule has 0 unspecified atom stereocenters. The molecule has 0 aromatic carbocycles. The van der Waals surface area contributed by atoms with Gasteiger partial charge in [0.2, 0.25) is 0 Å². The molecule has 1 heterocycles. The summed E-state index contributed by atoms with van der Waals surface area (Å²) in [5.74, 6) is 0.493. The molecule has 1 aliphatic rings. The van der Waals surface area contributed by atoms with Crippen LogP contribution in [-0.4, -0.2) is 41.5 Å². The molecular weight excluding hydrogens is 359 g/mol. The van der Waals surface area contributed by atoms with Crippen molar-refractivity contribution in [3.63, 3.8) is 0 Å². The van der Waals surface area contributed by atoms with Gasteiger partial charge in [0.05, 0.1) is 12.6 Å². The minimum atomic E-state index is -4.48. The topological polar surface area (TPSA) is 63.5 Å². The molecule has 1 aromatic rings. The van der Waals surface area contributed by atoms with Gasteiger partial charge in [0.25, 0.3) is 0 Å². The van der Waals surface area contributed by atoms with E-state index in [9.17, 15) is 13.2 Å². The van der Waals surface area contributed by atoms with Crippen molar-refractivity contribution in [3.05, 3.63) is 17.5 Å². The summed E-state index contributed by atoms with van der Waals surface area (Å²) >= 11 is 0. The molecule has 1 fully saturated rings. The lowest BCUT2D eigenvalue weighted by atomic mass is 9.98. The first-order valence-corrected chi connectivity index (χ1v) is 9.63. The third kappa shape index (κ3) is 7.40. The van der Waals surface area contributed by atoms with Gasteiger partial charge in [0.15, 0.2) is 11.7 Å². The lowest BCUT2D eigenvalue weighted by Crippen LogP contribution is -2.38. The molecule has 1 aromatic heterocycles. The molecule has 0 amide bonds. The molecule has 0 aliphatic heterocycles. The number of rotatable bonds is 8. The van der Waals surface area contributed by atoms with Gasteiger partial charge in [0, 0.05) is 38.5 Å². The van der Waals surface area contributed by atoms with Gasteiger partial charge >= 0.3 is 6.18 Å². The predicted molar refractivity (Wildman–Crippen MR) is 98.5 cm³/mol. The molecule has 0 radical (unpaired) electrons. The number of aryl methyl sites for hydroxylation is 1. The summed E-state index contributed by atoms with van der Waals surface area (Å²) in [4.78, 5) is 4.26. The highest BCUT2D eigenvalue weighted by Crippen LogP contribution is 2.30. The van der Waals surface area contributed by atoms with Gasteiger partial charge in [-0.2, -0.15) is 18.3 Å². The maximum atomic E-state index is 13.0. The zero-order valence-corrected chi connectivity index (χ0v) is 16.1. The Balaban J connectivity index is 1.80. The summed E-state index contributed by atoms with van der Waals surface area (Å²) < 4.78 is 46.1. The Labute approximate surface area is 158 Å². The van der Waals surface area contributed by atoms with Crippen molar-refractivity contribution in [2.75, 3.05) is 19.7 Å². The average Bonchev–Trinajstić information content (AvgIpc) is 3.01. The van der Waals surface area contributed by atoms with E-state index >= 15 is 0 Å². The van der Waals surface area contributed by atoms with Crippen molar-refractivity contribution in [1.29, 1.82) is 0 Å². The normalized spacial score (nSPS) is 16.6. The summed E-state index contributed by atoms with van der Waals surface area (Å²) in [5, 5.41) is 9.69. The summed E-state index contributed by atoms with van der Waals surface area (Å²) in [6.07, 6.45) is 4.16. The summed E-state index contributed by atoms with van der Waals surface area (Å²) in [6.45, 7) is 3.78. The van der Waals surface area contributed by atoms with Gasteiger partial charge in [0.1, 0.15) is 0 Å². The number of alkyl halides is 3. The Hall–Kier alpha value is -1.77. The van der Waals surface area contributed by atoms with Gasteiger partial charge in [-0.05, 0) is 26.2 Å². The second-order valence-corrected chi connectivity index (χ2v) is 6.78. The van der Waals surface area contributed by atoms with Crippen molar-refractivity contribution < 1.29 is 17.9 Å². The molecule has 0 bridgehead atoms. The second-order valence-electron chi connectivity index (χ2n) is 6.78. The average molecular weight is 389 g/mol. The van der Waals surface area contributed by atoms with E-state index in [2.05, 4.69) is 20.7 Å². The van der Waals surface area contributed by atoms with Gasteiger partial charge in [-0.3, -0.25) is 4.68 Å². The Morgan fingerprint density at radius 3 is 2.70 bits per heavy atom. The van der Waals surface area contributed by atoms with E-state index in [1.54, 1.807) is 0 Å². The third-order valence-corrected chi connectivity index (χ3v) is 4.44.